The molecule has 2 aliphatic rings. The maximum atomic E-state index is 12.2. The predicted molar refractivity (Wildman–Crippen MR) is 89.4 cm³/mol. The van der Waals surface area contributed by atoms with Crippen LogP contribution < -0.4 is 0 Å². The Bertz CT molecular complexity index is 590. The van der Waals surface area contributed by atoms with Crippen molar-refractivity contribution >= 4 is 11.8 Å². The summed E-state index contributed by atoms with van der Waals surface area (Å²) in [6.45, 7) is 5.69. The van der Waals surface area contributed by atoms with Crippen LogP contribution in [0.25, 0.3) is 0 Å². The molecule has 0 spiro atoms. The molecule has 2 aliphatic carbocycles. The van der Waals surface area contributed by atoms with Crippen molar-refractivity contribution in [2.24, 2.45) is 17.8 Å². The Morgan fingerprint density at radius 1 is 1.17 bits per heavy atom. The average Bonchev–Trinajstić information content (AvgIpc) is 3.03. The highest BCUT2D eigenvalue weighted by atomic mass is 16.6. The largest absolute Gasteiger partial charge is 0.458 e. The molecule has 0 aliphatic heterocycles. The number of esters is 1. The van der Waals surface area contributed by atoms with Crippen LogP contribution in [0.4, 0.5) is 0 Å². The molecule has 3 nitrogen and oxygen atoms in total. The monoisotopic (exact) mass is 312 g/mol. The lowest BCUT2D eigenvalue weighted by Crippen LogP contribution is -2.13. The number of carbonyl (C=O) groups is 2. The number of hydrogen-bond acceptors (Lipinski definition) is 3. The van der Waals surface area contributed by atoms with E-state index in [1.54, 1.807) is 24.3 Å². The first-order chi connectivity index (χ1) is 11.1. The summed E-state index contributed by atoms with van der Waals surface area (Å²) >= 11 is 0. The summed E-state index contributed by atoms with van der Waals surface area (Å²) in [6.07, 6.45) is 7.72. The van der Waals surface area contributed by atoms with Crippen molar-refractivity contribution in [3.05, 3.63) is 48.0 Å². The molecule has 2 unspecified atom stereocenters. The number of ketones is 1. The van der Waals surface area contributed by atoms with Gasteiger partial charge in [0.1, 0.15) is 6.10 Å². The molecule has 122 valence electrons. The fourth-order valence-electron chi connectivity index (χ4n) is 3.88. The zero-order chi connectivity index (χ0) is 16.4. The Balaban J connectivity index is 1.50. The van der Waals surface area contributed by atoms with Crippen molar-refractivity contribution in [3.63, 3.8) is 0 Å². The molecule has 0 bridgehead atoms. The Morgan fingerprint density at radius 3 is 2.35 bits per heavy atom. The number of carbonyl (C=O) groups excluding carboxylic acids is 2. The zero-order valence-electron chi connectivity index (χ0n) is 13.7. The van der Waals surface area contributed by atoms with E-state index in [2.05, 4.69) is 13.5 Å². The molecule has 0 radical (unpaired) electrons. The first-order valence-electron chi connectivity index (χ1n) is 8.61. The molecule has 2 fully saturated rings. The Hall–Kier alpha value is -1.90. The molecule has 2 saturated carbocycles. The Kier molecular flexibility index (Phi) is 4.65. The molecule has 2 atom stereocenters. The highest BCUT2D eigenvalue weighted by Gasteiger charge is 2.58. The molecule has 3 rings (SSSR count). The van der Waals surface area contributed by atoms with E-state index in [4.69, 9.17) is 4.74 Å². The predicted octanol–water partition coefficient (Wildman–Crippen LogP) is 4.43. The number of allylic oxidation sites excluding steroid dienone is 1. The van der Waals surface area contributed by atoms with E-state index in [0.29, 0.717) is 23.0 Å². The average molecular weight is 312 g/mol. The highest BCUT2D eigenvalue weighted by molar-refractivity contribution is 6.04. The van der Waals surface area contributed by atoms with Gasteiger partial charge in [0.05, 0.1) is 5.56 Å². The summed E-state index contributed by atoms with van der Waals surface area (Å²) in [4.78, 5) is 23.7. The van der Waals surface area contributed by atoms with Crippen molar-refractivity contribution in [2.45, 2.75) is 45.1 Å². The second-order valence-electron chi connectivity index (χ2n) is 6.82. The van der Waals surface area contributed by atoms with E-state index >= 15 is 0 Å². The van der Waals surface area contributed by atoms with Crippen LogP contribution in [-0.2, 0) is 4.74 Å². The third-order valence-electron chi connectivity index (χ3n) is 5.26. The van der Waals surface area contributed by atoms with Gasteiger partial charge in [-0.1, -0.05) is 44.9 Å². The quantitative estimate of drug-likeness (QED) is 0.425. The van der Waals surface area contributed by atoms with Crippen molar-refractivity contribution in [3.8, 4) is 0 Å². The van der Waals surface area contributed by atoms with Crippen molar-refractivity contribution < 1.29 is 14.3 Å². The van der Waals surface area contributed by atoms with Crippen LogP contribution >= 0.6 is 0 Å². The molecule has 3 heteroatoms. The van der Waals surface area contributed by atoms with Gasteiger partial charge in [0.25, 0.3) is 0 Å². The summed E-state index contributed by atoms with van der Waals surface area (Å²) in [5.41, 5.74) is 1.05. The Labute approximate surface area is 137 Å². The lowest BCUT2D eigenvalue weighted by Gasteiger charge is -2.14. The number of unbranched alkanes of at least 4 members (excludes halogenated alkanes) is 1. The van der Waals surface area contributed by atoms with Crippen molar-refractivity contribution in [2.75, 3.05) is 0 Å². The van der Waals surface area contributed by atoms with Gasteiger partial charge in [-0.3, -0.25) is 4.79 Å². The van der Waals surface area contributed by atoms with Gasteiger partial charge in [-0.25, -0.2) is 4.79 Å². The van der Waals surface area contributed by atoms with Crippen LogP contribution in [0.5, 0.6) is 0 Å². The van der Waals surface area contributed by atoms with E-state index < -0.39 is 0 Å². The summed E-state index contributed by atoms with van der Waals surface area (Å²) < 4.78 is 5.65. The van der Waals surface area contributed by atoms with E-state index in [9.17, 15) is 9.59 Å². The number of hydrogen-bond donors (Lipinski definition) is 0. The van der Waals surface area contributed by atoms with Crippen molar-refractivity contribution in [1.82, 2.24) is 0 Å². The zero-order valence-corrected chi connectivity index (χ0v) is 13.7. The standard InChI is InChI=1S/C20H24O3/c1-3-5-6-13-11-16-17(12-13)19(16)23-20(22)15-9-7-14(8-10-15)18(21)4-2/h4,7-10,13,16-17,19H,2-3,5-6,11-12H2,1H3. The molecule has 0 saturated heterocycles. The molecule has 23 heavy (non-hydrogen) atoms. The molecule has 0 N–H and O–H groups in total. The summed E-state index contributed by atoms with van der Waals surface area (Å²) in [5.74, 6) is 1.60. The van der Waals surface area contributed by atoms with Crippen LogP contribution in [0.1, 0.15) is 59.7 Å². The maximum absolute atomic E-state index is 12.2. The van der Waals surface area contributed by atoms with E-state index in [-0.39, 0.29) is 17.9 Å². The molecule has 0 aromatic heterocycles. The van der Waals surface area contributed by atoms with Crippen LogP contribution in [0.15, 0.2) is 36.9 Å². The molecule has 0 heterocycles. The van der Waals surface area contributed by atoms with Gasteiger partial charge in [0, 0.05) is 17.4 Å². The SMILES string of the molecule is C=CC(=O)c1ccc(C(=O)OC2C3CC(CCCC)CC32)cc1. The maximum Gasteiger partial charge on any atom is 0.338 e. The number of fused-ring (bicyclic) bond motifs is 1. The minimum atomic E-state index is -0.271. The fourth-order valence-corrected chi connectivity index (χ4v) is 3.88. The van der Waals surface area contributed by atoms with Gasteiger partial charge in [-0.05, 0) is 37.0 Å². The third-order valence-corrected chi connectivity index (χ3v) is 5.26. The first-order valence-corrected chi connectivity index (χ1v) is 8.61. The van der Waals surface area contributed by atoms with E-state index in [0.717, 1.165) is 5.92 Å². The second kappa shape index (κ2) is 6.69. The lowest BCUT2D eigenvalue weighted by molar-refractivity contribution is 0.0407. The minimum absolute atomic E-state index is 0.120. The van der Waals surface area contributed by atoms with Crippen LogP contribution in [-0.4, -0.2) is 17.9 Å². The topological polar surface area (TPSA) is 43.4 Å². The fraction of sp³-hybridized carbons (Fsp3) is 0.500. The summed E-state index contributed by atoms with van der Waals surface area (Å²) in [6, 6.07) is 6.60. The smallest absolute Gasteiger partial charge is 0.338 e. The lowest BCUT2D eigenvalue weighted by atomic mass is 9.96. The number of ether oxygens (including phenoxy) is 1. The van der Waals surface area contributed by atoms with Gasteiger partial charge in [0.2, 0.25) is 0 Å². The second-order valence-corrected chi connectivity index (χ2v) is 6.82. The number of rotatable bonds is 7. The van der Waals surface area contributed by atoms with Crippen LogP contribution in [0, 0.1) is 17.8 Å². The molecule has 1 aromatic rings. The van der Waals surface area contributed by atoms with E-state index in [1.807, 2.05) is 0 Å². The molecule has 1 aromatic carbocycles. The third kappa shape index (κ3) is 3.39. The van der Waals surface area contributed by atoms with Crippen molar-refractivity contribution in [1.29, 1.82) is 0 Å². The highest BCUT2D eigenvalue weighted by Crippen LogP contribution is 2.57. The first kappa shape index (κ1) is 16.0. The van der Waals surface area contributed by atoms with Gasteiger partial charge in [-0.15, -0.1) is 0 Å². The molecule has 0 amide bonds. The summed E-state index contributed by atoms with van der Waals surface area (Å²) in [7, 11) is 0. The van der Waals surface area contributed by atoms with E-state index in [1.165, 1.54) is 38.2 Å². The number of benzene rings is 1. The molecular weight excluding hydrogens is 288 g/mol. The van der Waals surface area contributed by atoms with Gasteiger partial charge in [-0.2, -0.15) is 0 Å². The van der Waals surface area contributed by atoms with Crippen LogP contribution in [0.3, 0.4) is 0 Å². The normalized spacial score (nSPS) is 28.0. The van der Waals surface area contributed by atoms with Crippen LogP contribution in [0.2, 0.25) is 0 Å². The summed E-state index contributed by atoms with van der Waals surface area (Å²) in [5, 5.41) is 0. The van der Waals surface area contributed by atoms with Gasteiger partial charge in [0.15, 0.2) is 5.78 Å². The van der Waals surface area contributed by atoms with Gasteiger partial charge >= 0.3 is 5.97 Å². The van der Waals surface area contributed by atoms with Gasteiger partial charge < -0.3 is 4.74 Å². The minimum Gasteiger partial charge on any atom is -0.458 e. The molecular formula is C20H24O3. The Morgan fingerprint density at radius 2 is 1.78 bits per heavy atom.